The summed E-state index contributed by atoms with van der Waals surface area (Å²) in [5.74, 6) is 1.56. The van der Waals surface area contributed by atoms with E-state index in [1.807, 2.05) is 65.8 Å². The van der Waals surface area contributed by atoms with Crippen LogP contribution in [-0.4, -0.2) is 15.8 Å². The molecule has 0 unspecified atom stereocenters. The van der Waals surface area contributed by atoms with Gasteiger partial charge in [-0.05, 0) is 78.7 Å². The maximum atomic E-state index is 10.8. The fraction of sp³-hybridized carbons (Fsp3) is 0.310. The lowest BCUT2D eigenvalue weighted by atomic mass is 9.92. The minimum Gasteiger partial charge on any atom is -0.507 e. The summed E-state index contributed by atoms with van der Waals surface area (Å²) in [5.41, 5.74) is 5.88. The predicted octanol–water partition coefficient (Wildman–Crippen LogP) is 7.71. The van der Waals surface area contributed by atoms with Gasteiger partial charge in [0.1, 0.15) is 34.2 Å². The van der Waals surface area contributed by atoms with Crippen LogP contribution in [-0.2, 0) is 12.8 Å². The maximum absolute atomic E-state index is 10.8. The van der Waals surface area contributed by atoms with Gasteiger partial charge in [0.15, 0.2) is 0 Å². The van der Waals surface area contributed by atoms with Gasteiger partial charge in [-0.1, -0.05) is 29.4 Å². The Labute approximate surface area is 195 Å². The molecule has 4 nitrogen and oxygen atoms in total. The number of benzene rings is 2. The zero-order valence-electron chi connectivity index (χ0n) is 20.2. The van der Waals surface area contributed by atoms with Gasteiger partial charge in [-0.15, -0.1) is 0 Å². The van der Waals surface area contributed by atoms with Crippen LogP contribution >= 0.6 is 0 Å². The Hall–Kier alpha value is -3.40. The van der Waals surface area contributed by atoms with E-state index in [2.05, 4.69) is 18.2 Å². The van der Waals surface area contributed by atoms with Gasteiger partial charge in [-0.3, -0.25) is 0 Å². The van der Waals surface area contributed by atoms with Gasteiger partial charge in [-0.2, -0.15) is 0 Å². The number of rotatable bonds is 5. The molecule has 4 rings (SSSR count). The van der Waals surface area contributed by atoms with Crippen molar-refractivity contribution in [1.29, 1.82) is 0 Å². The van der Waals surface area contributed by atoms with Crippen molar-refractivity contribution in [2.75, 3.05) is 0 Å². The highest BCUT2D eigenvalue weighted by Crippen LogP contribution is 2.43. The van der Waals surface area contributed by atoms with E-state index in [1.54, 1.807) is 0 Å². The molecule has 4 heteroatoms. The third-order valence-corrected chi connectivity index (χ3v) is 5.86. The molecule has 1 aliphatic heterocycles. The van der Waals surface area contributed by atoms with E-state index in [0.29, 0.717) is 18.6 Å². The highest BCUT2D eigenvalue weighted by Gasteiger charge is 2.25. The molecular formula is C29H32O4. The van der Waals surface area contributed by atoms with E-state index < -0.39 is 0 Å². The normalized spacial score (nSPS) is 14.0. The van der Waals surface area contributed by atoms with Crippen LogP contribution in [0.25, 0.3) is 28.4 Å². The minimum atomic E-state index is -0.362. The molecule has 0 saturated heterocycles. The molecule has 2 aromatic carbocycles. The number of ether oxygens (including phenoxy) is 1. The molecule has 0 bridgehead atoms. The van der Waals surface area contributed by atoms with E-state index in [0.717, 1.165) is 50.1 Å². The Morgan fingerprint density at radius 2 is 1.48 bits per heavy atom. The summed E-state index contributed by atoms with van der Waals surface area (Å²) in [7, 11) is 0. The van der Waals surface area contributed by atoms with Crippen LogP contribution in [0.5, 0.6) is 17.2 Å². The number of furan rings is 1. The average molecular weight is 445 g/mol. The first-order chi connectivity index (χ1) is 15.5. The van der Waals surface area contributed by atoms with Crippen LogP contribution in [0.1, 0.15) is 58.2 Å². The summed E-state index contributed by atoms with van der Waals surface area (Å²) in [6, 6.07) is 7.38. The van der Waals surface area contributed by atoms with E-state index in [4.69, 9.17) is 9.15 Å². The van der Waals surface area contributed by atoms with Crippen molar-refractivity contribution in [1.82, 2.24) is 0 Å². The molecule has 0 fully saturated rings. The molecule has 0 aliphatic carbocycles. The number of phenolic OH excluding ortho intramolecular Hbond substituents is 2. The highest BCUT2D eigenvalue weighted by molar-refractivity contribution is 5.89. The zero-order chi connectivity index (χ0) is 23.9. The number of hydrogen-bond donors (Lipinski definition) is 2. The van der Waals surface area contributed by atoms with Crippen LogP contribution in [0.2, 0.25) is 0 Å². The summed E-state index contributed by atoms with van der Waals surface area (Å²) < 4.78 is 12.5. The molecule has 33 heavy (non-hydrogen) atoms. The highest BCUT2D eigenvalue weighted by atomic mass is 16.5. The van der Waals surface area contributed by atoms with E-state index in [-0.39, 0.29) is 17.1 Å². The fourth-order valence-electron chi connectivity index (χ4n) is 4.10. The lowest BCUT2D eigenvalue weighted by Crippen LogP contribution is -2.27. The molecule has 0 amide bonds. The van der Waals surface area contributed by atoms with Crippen molar-refractivity contribution < 1.29 is 19.4 Å². The van der Waals surface area contributed by atoms with Crippen LogP contribution in [0, 0.1) is 0 Å². The first-order valence-corrected chi connectivity index (χ1v) is 11.3. The minimum absolute atomic E-state index is 0.0636. The number of allylic oxidation sites excluding steroid dienone is 4. The molecule has 0 spiro atoms. The number of phenols is 2. The Bertz CT molecular complexity index is 1260. The van der Waals surface area contributed by atoms with Gasteiger partial charge < -0.3 is 19.4 Å². The van der Waals surface area contributed by atoms with E-state index >= 15 is 0 Å². The second kappa shape index (κ2) is 8.51. The Morgan fingerprint density at radius 3 is 2.06 bits per heavy atom. The number of aromatic hydroxyl groups is 2. The summed E-state index contributed by atoms with van der Waals surface area (Å²) in [6.45, 7) is 12.2. The molecule has 1 aromatic heterocycles. The van der Waals surface area contributed by atoms with Crippen molar-refractivity contribution in [3.63, 3.8) is 0 Å². The SMILES string of the molecule is CC(C)=CCc1c(O)cc(O)c(CC=C(C)C)c1-c1cc2cc3c(cc2o1)C=CC(C)(C)O3. The van der Waals surface area contributed by atoms with Gasteiger partial charge in [0.25, 0.3) is 0 Å². The molecule has 3 aromatic rings. The Morgan fingerprint density at radius 1 is 0.879 bits per heavy atom. The van der Waals surface area contributed by atoms with Crippen molar-refractivity contribution in [2.24, 2.45) is 0 Å². The second-order valence-electron chi connectivity index (χ2n) is 9.80. The van der Waals surface area contributed by atoms with E-state index in [9.17, 15) is 10.2 Å². The van der Waals surface area contributed by atoms with Gasteiger partial charge in [-0.25, -0.2) is 0 Å². The van der Waals surface area contributed by atoms with Crippen molar-refractivity contribution >= 4 is 17.0 Å². The Kier molecular flexibility index (Phi) is 5.87. The lowest BCUT2D eigenvalue weighted by molar-refractivity contribution is 0.159. The maximum Gasteiger partial charge on any atom is 0.136 e. The largest absolute Gasteiger partial charge is 0.507 e. The van der Waals surface area contributed by atoms with Crippen molar-refractivity contribution in [3.05, 3.63) is 70.3 Å². The summed E-state index contributed by atoms with van der Waals surface area (Å²) >= 11 is 0. The predicted molar refractivity (Wildman–Crippen MR) is 135 cm³/mol. The molecule has 0 radical (unpaired) electrons. The van der Waals surface area contributed by atoms with Gasteiger partial charge in [0.2, 0.25) is 0 Å². The zero-order valence-corrected chi connectivity index (χ0v) is 20.2. The van der Waals surface area contributed by atoms with Gasteiger partial charge in [0, 0.05) is 33.7 Å². The van der Waals surface area contributed by atoms with Crippen LogP contribution < -0.4 is 4.74 Å². The first kappa shape index (κ1) is 22.8. The van der Waals surface area contributed by atoms with Gasteiger partial charge >= 0.3 is 0 Å². The summed E-state index contributed by atoms with van der Waals surface area (Å²) in [5, 5.41) is 22.5. The van der Waals surface area contributed by atoms with Gasteiger partial charge in [0.05, 0.1) is 0 Å². The monoisotopic (exact) mass is 444 g/mol. The van der Waals surface area contributed by atoms with Crippen LogP contribution in [0.3, 0.4) is 0 Å². The topological polar surface area (TPSA) is 62.8 Å². The molecule has 172 valence electrons. The van der Waals surface area contributed by atoms with Crippen molar-refractivity contribution in [3.8, 4) is 28.6 Å². The molecule has 1 aliphatic rings. The molecule has 0 saturated carbocycles. The fourth-order valence-corrected chi connectivity index (χ4v) is 4.10. The molecular weight excluding hydrogens is 412 g/mol. The lowest BCUT2D eigenvalue weighted by Gasteiger charge is -2.27. The number of fused-ring (bicyclic) bond motifs is 2. The van der Waals surface area contributed by atoms with Crippen LogP contribution in [0.15, 0.2) is 58.1 Å². The number of hydrogen-bond acceptors (Lipinski definition) is 4. The third-order valence-electron chi connectivity index (χ3n) is 5.86. The molecule has 2 N–H and O–H groups in total. The standard InChI is InChI=1S/C29H32O4/c1-17(2)7-9-21-23(30)16-24(31)22(10-8-18(3)4)28(21)27-15-20-14-26-19(13-25(20)32-27)11-12-29(5,6)33-26/h7-8,11-16,30-31H,9-10H2,1-6H3. The quantitative estimate of drug-likeness (QED) is 0.396. The molecule has 0 atom stereocenters. The smallest absolute Gasteiger partial charge is 0.136 e. The Balaban J connectivity index is 1.93. The molecule has 2 heterocycles. The average Bonchev–Trinajstić information content (AvgIpc) is 3.11. The van der Waals surface area contributed by atoms with Crippen LogP contribution in [0.4, 0.5) is 0 Å². The first-order valence-electron chi connectivity index (χ1n) is 11.3. The summed E-state index contributed by atoms with van der Waals surface area (Å²) in [6.07, 6.45) is 9.32. The summed E-state index contributed by atoms with van der Waals surface area (Å²) in [4.78, 5) is 0. The third kappa shape index (κ3) is 4.70. The van der Waals surface area contributed by atoms with Crippen molar-refractivity contribution in [2.45, 2.75) is 60.0 Å². The van der Waals surface area contributed by atoms with E-state index in [1.165, 1.54) is 6.07 Å². The second-order valence-corrected chi connectivity index (χ2v) is 9.80.